The van der Waals surface area contributed by atoms with Crippen molar-refractivity contribution in [2.75, 3.05) is 45.9 Å². The van der Waals surface area contributed by atoms with E-state index in [0.29, 0.717) is 22.7 Å². The zero-order valence-corrected chi connectivity index (χ0v) is 17.8. The number of carbonyl (C=O) groups is 3. The Bertz CT molecular complexity index is 1040. The molecule has 1 aromatic carbocycles. The van der Waals surface area contributed by atoms with Gasteiger partial charge in [-0.2, -0.15) is 0 Å². The van der Waals surface area contributed by atoms with Gasteiger partial charge < -0.3 is 35.4 Å². The molecule has 0 bridgehead atoms. The van der Waals surface area contributed by atoms with Gasteiger partial charge in [-0.05, 0) is 19.1 Å². The van der Waals surface area contributed by atoms with Gasteiger partial charge in [-0.1, -0.05) is 0 Å². The second-order valence-electron chi connectivity index (χ2n) is 7.81. The molecule has 5 rings (SSSR count). The van der Waals surface area contributed by atoms with Crippen LogP contribution < -0.4 is 5.73 Å². The van der Waals surface area contributed by atoms with Crippen LogP contribution >= 0.6 is 0 Å². The second kappa shape index (κ2) is 8.54. The van der Waals surface area contributed by atoms with Crippen molar-refractivity contribution in [1.29, 1.82) is 0 Å². The minimum atomic E-state index is -0.680. The minimum absolute atomic E-state index is 0.00546. The predicted octanol–water partition coefficient (Wildman–Crippen LogP) is -0.0863. The Morgan fingerprint density at radius 3 is 2.12 bits per heavy atom. The average molecular weight is 442 g/mol. The number of allylic oxidation sites excluding steroid dienone is 1. The molecule has 1 aromatic rings. The summed E-state index contributed by atoms with van der Waals surface area (Å²) in [7, 11) is 0. The molecular formula is C22H26N4O6. The highest BCUT2D eigenvalue weighted by Crippen LogP contribution is 2.34. The number of aromatic hydroxyl groups is 2. The molecule has 4 N–H and O–H groups in total. The monoisotopic (exact) mass is 442 g/mol. The largest absolute Gasteiger partial charge is 0.508 e. The number of phenols is 2. The van der Waals surface area contributed by atoms with Gasteiger partial charge >= 0.3 is 5.97 Å². The van der Waals surface area contributed by atoms with Gasteiger partial charge in [0.15, 0.2) is 0 Å². The summed E-state index contributed by atoms with van der Waals surface area (Å²) < 4.78 is 4.71. The number of ether oxygens (including phenoxy) is 1. The summed E-state index contributed by atoms with van der Waals surface area (Å²) in [5, 5.41) is 18.9. The van der Waals surface area contributed by atoms with Crippen LogP contribution in [-0.2, 0) is 20.9 Å². The molecule has 0 radical (unpaired) electrons. The summed E-state index contributed by atoms with van der Waals surface area (Å²) in [6, 6.07) is 2.45. The highest BCUT2D eigenvalue weighted by atomic mass is 16.5. The van der Waals surface area contributed by atoms with E-state index < -0.39 is 5.97 Å². The number of nitrogens with two attached hydrogens (primary N) is 1. The molecule has 0 unspecified atom stereocenters. The minimum Gasteiger partial charge on any atom is -0.508 e. The number of carbonyl (C=O) groups excluding carboxylic acids is 3. The molecule has 32 heavy (non-hydrogen) atoms. The third-order valence-corrected chi connectivity index (χ3v) is 5.38. The summed E-state index contributed by atoms with van der Waals surface area (Å²) in [5.74, 6) is -1.00. The number of rotatable bonds is 6. The van der Waals surface area contributed by atoms with Gasteiger partial charge in [-0.15, -0.1) is 0 Å². The van der Waals surface area contributed by atoms with Crippen molar-refractivity contribution in [3.63, 3.8) is 0 Å². The number of ketones is 2. The number of nitrogens with zero attached hydrogens (tertiary/aromatic N) is 3. The maximum Gasteiger partial charge on any atom is 0.342 e. The van der Waals surface area contributed by atoms with E-state index in [1.165, 1.54) is 12.1 Å². The van der Waals surface area contributed by atoms with Crippen molar-refractivity contribution in [2.45, 2.75) is 13.5 Å². The first-order chi connectivity index (χ1) is 15.3. The lowest BCUT2D eigenvalue weighted by Gasteiger charge is -2.21. The molecule has 1 aliphatic carbocycles. The maximum atomic E-state index is 12.4. The van der Waals surface area contributed by atoms with E-state index in [4.69, 9.17) is 10.5 Å². The Morgan fingerprint density at radius 2 is 1.59 bits per heavy atom. The summed E-state index contributed by atoms with van der Waals surface area (Å²) in [6.45, 7) is 7.30. The first kappa shape index (κ1) is 21.7. The molecule has 3 saturated heterocycles. The van der Waals surface area contributed by atoms with Crippen molar-refractivity contribution >= 4 is 17.5 Å². The highest BCUT2D eigenvalue weighted by Gasteiger charge is 2.43. The van der Waals surface area contributed by atoms with Crippen LogP contribution in [0.4, 0.5) is 0 Å². The lowest BCUT2D eigenvalue weighted by Crippen LogP contribution is -2.29. The Kier molecular flexibility index (Phi) is 5.79. The fraction of sp³-hybridized carbons (Fsp3) is 0.409. The smallest absolute Gasteiger partial charge is 0.342 e. The van der Waals surface area contributed by atoms with E-state index in [9.17, 15) is 24.6 Å². The van der Waals surface area contributed by atoms with Gasteiger partial charge in [-0.25, -0.2) is 4.79 Å². The third-order valence-electron chi connectivity index (χ3n) is 5.38. The van der Waals surface area contributed by atoms with Crippen LogP contribution in [0.1, 0.15) is 22.8 Å². The molecule has 0 amide bonds. The van der Waals surface area contributed by atoms with E-state index in [0.717, 1.165) is 45.3 Å². The molecule has 170 valence electrons. The molecular weight excluding hydrogens is 416 g/mol. The molecule has 4 aliphatic rings. The number of hydrogen-bond donors (Lipinski definition) is 3. The first-order valence-corrected chi connectivity index (χ1v) is 10.6. The van der Waals surface area contributed by atoms with Crippen molar-refractivity contribution in [3.8, 4) is 11.5 Å². The van der Waals surface area contributed by atoms with Crippen molar-refractivity contribution in [3.05, 3.63) is 46.4 Å². The highest BCUT2D eigenvalue weighted by molar-refractivity contribution is 6.22. The van der Waals surface area contributed by atoms with E-state index >= 15 is 0 Å². The topological polar surface area (TPSA) is 136 Å². The summed E-state index contributed by atoms with van der Waals surface area (Å²) in [5.41, 5.74) is 7.46. The fourth-order valence-electron chi connectivity index (χ4n) is 3.47. The van der Waals surface area contributed by atoms with Crippen molar-refractivity contribution in [1.82, 2.24) is 14.7 Å². The van der Waals surface area contributed by atoms with E-state index in [-0.39, 0.29) is 41.8 Å². The molecule has 3 heterocycles. The lowest BCUT2D eigenvalue weighted by atomic mass is 10.0. The Labute approximate surface area is 185 Å². The molecule has 0 spiro atoms. The van der Waals surface area contributed by atoms with E-state index in [1.807, 2.05) is 14.7 Å². The van der Waals surface area contributed by atoms with Crippen LogP contribution in [0.5, 0.6) is 11.5 Å². The van der Waals surface area contributed by atoms with Crippen LogP contribution in [0, 0.1) is 0 Å². The van der Waals surface area contributed by atoms with Crippen molar-refractivity contribution in [2.24, 2.45) is 5.73 Å². The Morgan fingerprint density at radius 1 is 1.00 bits per heavy atom. The van der Waals surface area contributed by atoms with Crippen LogP contribution in [0.15, 0.2) is 35.3 Å². The molecule has 0 saturated carbocycles. The summed E-state index contributed by atoms with van der Waals surface area (Å²) in [4.78, 5) is 41.8. The average Bonchev–Trinajstić information content (AvgIpc) is 3.62. The fourth-order valence-corrected chi connectivity index (χ4v) is 3.47. The standard InChI is InChI=1S/C12H13N3O2.C10H13NO4/c16-9-7-8(13-1-2-13)12(17)11(15-5-6-15)10(9)14-3-4-14;1-2-15-10(14)8-4-7(12)3-6(5-11)9(8)13/h7H,1-6H2;3-4,12-13H,2,5,11H2,1H3. The Balaban J connectivity index is 0.000000155. The van der Waals surface area contributed by atoms with E-state index in [1.54, 1.807) is 6.92 Å². The second-order valence-corrected chi connectivity index (χ2v) is 7.81. The van der Waals surface area contributed by atoms with Gasteiger partial charge in [0, 0.05) is 57.5 Å². The molecule has 0 atom stereocenters. The van der Waals surface area contributed by atoms with Crippen LogP contribution in [0.25, 0.3) is 0 Å². The molecule has 10 nitrogen and oxygen atoms in total. The quantitative estimate of drug-likeness (QED) is 0.237. The SMILES string of the molecule is CCOC(=O)c1cc(O)cc(CN)c1O.O=C1C=C(N2CC2)C(=O)C(N2CC2)=C1N1CC1. The summed E-state index contributed by atoms with van der Waals surface area (Å²) in [6.07, 6.45) is 1.52. The number of esters is 1. The van der Waals surface area contributed by atoms with Gasteiger partial charge in [0.25, 0.3) is 0 Å². The molecule has 3 aliphatic heterocycles. The number of Topliss-reactive ketones (excluding diaryl/α,β-unsaturated/α-hetero) is 1. The zero-order valence-electron chi connectivity index (χ0n) is 17.8. The van der Waals surface area contributed by atoms with Crippen LogP contribution in [-0.4, -0.2) is 88.3 Å². The molecule has 0 aromatic heterocycles. The molecule has 3 fully saturated rings. The van der Waals surface area contributed by atoms with Gasteiger partial charge in [-0.3, -0.25) is 9.59 Å². The van der Waals surface area contributed by atoms with E-state index in [2.05, 4.69) is 0 Å². The third kappa shape index (κ3) is 4.40. The van der Waals surface area contributed by atoms with Crippen LogP contribution in [0.2, 0.25) is 0 Å². The van der Waals surface area contributed by atoms with Gasteiger partial charge in [0.1, 0.15) is 28.5 Å². The Hall–Kier alpha value is -3.53. The number of hydrogen-bond acceptors (Lipinski definition) is 10. The normalized spacial score (nSPS) is 18.8. The maximum absolute atomic E-state index is 12.4. The van der Waals surface area contributed by atoms with Crippen molar-refractivity contribution < 1.29 is 29.3 Å². The summed E-state index contributed by atoms with van der Waals surface area (Å²) >= 11 is 0. The lowest BCUT2D eigenvalue weighted by molar-refractivity contribution is -0.117. The van der Waals surface area contributed by atoms with Gasteiger partial charge in [0.2, 0.25) is 11.6 Å². The predicted molar refractivity (Wildman–Crippen MR) is 113 cm³/mol. The number of phenolic OH excluding ortho intramolecular Hbond substituents is 2. The number of benzene rings is 1. The van der Waals surface area contributed by atoms with Crippen LogP contribution in [0.3, 0.4) is 0 Å². The zero-order chi connectivity index (χ0) is 23.0. The first-order valence-electron chi connectivity index (χ1n) is 10.6. The van der Waals surface area contributed by atoms with Gasteiger partial charge in [0.05, 0.1) is 12.3 Å². The molecule has 10 heteroatoms.